The largest absolute Gasteiger partial charge is 0.465 e. The van der Waals surface area contributed by atoms with E-state index < -0.39 is 5.97 Å². The van der Waals surface area contributed by atoms with Crippen LogP contribution in [0.2, 0.25) is 0 Å². The van der Waals surface area contributed by atoms with E-state index in [2.05, 4.69) is 15.4 Å². The number of piperidine rings is 1. The molecule has 0 bridgehead atoms. The lowest BCUT2D eigenvalue weighted by atomic mass is 10.1. The summed E-state index contributed by atoms with van der Waals surface area (Å²) in [6.45, 7) is 0.432. The number of rotatable bonds is 3. The summed E-state index contributed by atoms with van der Waals surface area (Å²) in [7, 11) is 1.29. The van der Waals surface area contributed by atoms with Gasteiger partial charge in [0, 0.05) is 24.6 Å². The smallest absolute Gasteiger partial charge is 0.337 e. The molecule has 2 rings (SSSR count). The van der Waals surface area contributed by atoms with Crippen LogP contribution in [-0.4, -0.2) is 37.5 Å². The molecule has 2 amide bonds. The predicted molar refractivity (Wildman–Crippen MR) is 71.3 cm³/mol. The molecule has 1 aromatic rings. The number of hydrogen-bond donors (Lipinski definition) is 2. The van der Waals surface area contributed by atoms with Gasteiger partial charge in [-0.1, -0.05) is 6.07 Å². The second kappa shape index (κ2) is 6.18. The molecule has 1 atom stereocenters. The molecule has 2 N–H and O–H groups in total. The zero-order chi connectivity index (χ0) is 14.5. The average Bonchev–Trinajstić information content (AvgIpc) is 2.49. The van der Waals surface area contributed by atoms with Gasteiger partial charge in [0.05, 0.1) is 12.7 Å². The second-order valence-corrected chi connectivity index (χ2v) is 4.59. The van der Waals surface area contributed by atoms with E-state index in [1.807, 2.05) is 0 Å². The van der Waals surface area contributed by atoms with Crippen molar-refractivity contribution >= 4 is 17.8 Å². The Morgan fingerprint density at radius 2 is 2.10 bits per heavy atom. The lowest BCUT2D eigenvalue weighted by Gasteiger charge is -2.23. The Morgan fingerprint density at radius 1 is 1.35 bits per heavy atom. The minimum absolute atomic E-state index is 0.00295. The van der Waals surface area contributed by atoms with E-state index in [0.717, 1.165) is 0 Å². The molecule has 1 fully saturated rings. The van der Waals surface area contributed by atoms with Crippen molar-refractivity contribution < 1.29 is 19.1 Å². The van der Waals surface area contributed by atoms with Crippen molar-refractivity contribution in [3.8, 4) is 0 Å². The Balaban J connectivity index is 2.02. The third kappa shape index (κ3) is 3.34. The van der Waals surface area contributed by atoms with Gasteiger partial charge in [-0.25, -0.2) is 4.79 Å². The van der Waals surface area contributed by atoms with Crippen molar-refractivity contribution in [3.63, 3.8) is 0 Å². The first-order valence-corrected chi connectivity index (χ1v) is 6.36. The quantitative estimate of drug-likeness (QED) is 0.786. The monoisotopic (exact) mass is 276 g/mol. The van der Waals surface area contributed by atoms with Gasteiger partial charge in [0.15, 0.2) is 0 Å². The van der Waals surface area contributed by atoms with Gasteiger partial charge in [0.25, 0.3) is 5.91 Å². The van der Waals surface area contributed by atoms with E-state index in [-0.39, 0.29) is 17.9 Å². The van der Waals surface area contributed by atoms with Gasteiger partial charge in [0.2, 0.25) is 5.91 Å². The van der Waals surface area contributed by atoms with Crippen molar-refractivity contribution in [3.05, 3.63) is 35.4 Å². The standard InChI is InChI=1S/C14H16N2O4/c1-20-14(19)10-4-2-3-9(7-10)13(18)16-11-5-6-12(17)15-8-11/h2-4,7,11H,5-6,8H2,1H3,(H,15,17)(H,16,18). The van der Waals surface area contributed by atoms with Crippen molar-refractivity contribution in [2.75, 3.05) is 13.7 Å². The van der Waals surface area contributed by atoms with Crippen molar-refractivity contribution in [2.45, 2.75) is 18.9 Å². The number of methoxy groups -OCH3 is 1. The zero-order valence-corrected chi connectivity index (χ0v) is 11.1. The van der Waals surface area contributed by atoms with Gasteiger partial charge in [0.1, 0.15) is 0 Å². The highest BCUT2D eigenvalue weighted by Crippen LogP contribution is 2.09. The maximum atomic E-state index is 12.1. The lowest BCUT2D eigenvalue weighted by Crippen LogP contribution is -2.47. The Labute approximate surface area is 116 Å². The summed E-state index contributed by atoms with van der Waals surface area (Å²) >= 11 is 0. The summed E-state index contributed by atoms with van der Waals surface area (Å²) < 4.78 is 4.61. The summed E-state index contributed by atoms with van der Waals surface area (Å²) in [5.74, 6) is -0.746. The van der Waals surface area contributed by atoms with Gasteiger partial charge in [-0.05, 0) is 24.6 Å². The summed E-state index contributed by atoms with van der Waals surface area (Å²) in [5, 5.41) is 5.53. The Bertz CT molecular complexity index is 532. The first-order valence-electron chi connectivity index (χ1n) is 6.36. The molecule has 6 heteroatoms. The summed E-state index contributed by atoms with van der Waals surface area (Å²) in [5.41, 5.74) is 0.724. The summed E-state index contributed by atoms with van der Waals surface area (Å²) in [6, 6.07) is 6.25. The molecule has 0 aromatic heterocycles. The highest BCUT2D eigenvalue weighted by Gasteiger charge is 2.20. The molecule has 20 heavy (non-hydrogen) atoms. The highest BCUT2D eigenvalue weighted by molar-refractivity contribution is 5.98. The highest BCUT2D eigenvalue weighted by atomic mass is 16.5. The van der Waals surface area contributed by atoms with Crippen LogP contribution in [0.1, 0.15) is 33.6 Å². The van der Waals surface area contributed by atoms with Crippen molar-refractivity contribution in [2.24, 2.45) is 0 Å². The van der Waals surface area contributed by atoms with Crippen LogP contribution in [0.3, 0.4) is 0 Å². The maximum Gasteiger partial charge on any atom is 0.337 e. The fourth-order valence-corrected chi connectivity index (χ4v) is 2.03. The van der Waals surface area contributed by atoms with Gasteiger partial charge in [-0.15, -0.1) is 0 Å². The normalized spacial score (nSPS) is 18.1. The molecular weight excluding hydrogens is 260 g/mol. The zero-order valence-electron chi connectivity index (χ0n) is 11.1. The van der Waals surface area contributed by atoms with Crippen LogP contribution in [-0.2, 0) is 9.53 Å². The molecule has 1 heterocycles. The van der Waals surface area contributed by atoms with Crippen LogP contribution < -0.4 is 10.6 Å². The first-order chi connectivity index (χ1) is 9.60. The number of hydrogen-bond acceptors (Lipinski definition) is 4. The van der Waals surface area contributed by atoms with Crippen LogP contribution in [0, 0.1) is 0 Å². The number of nitrogens with one attached hydrogen (secondary N) is 2. The number of ether oxygens (including phenoxy) is 1. The molecule has 1 unspecified atom stereocenters. The second-order valence-electron chi connectivity index (χ2n) is 4.59. The van der Waals surface area contributed by atoms with E-state index in [1.54, 1.807) is 18.2 Å². The molecule has 6 nitrogen and oxygen atoms in total. The summed E-state index contributed by atoms with van der Waals surface area (Å²) in [6.07, 6.45) is 1.03. The maximum absolute atomic E-state index is 12.1. The number of benzene rings is 1. The Hall–Kier alpha value is -2.37. The number of carbonyl (C=O) groups excluding carboxylic acids is 3. The number of amides is 2. The molecule has 106 valence electrons. The summed E-state index contributed by atoms with van der Waals surface area (Å²) in [4.78, 5) is 34.5. The topological polar surface area (TPSA) is 84.5 Å². The fraction of sp³-hybridized carbons (Fsp3) is 0.357. The average molecular weight is 276 g/mol. The van der Waals surface area contributed by atoms with E-state index >= 15 is 0 Å². The van der Waals surface area contributed by atoms with Crippen LogP contribution in [0.25, 0.3) is 0 Å². The van der Waals surface area contributed by atoms with Gasteiger partial charge in [-0.3, -0.25) is 9.59 Å². The molecule has 1 aliphatic rings. The van der Waals surface area contributed by atoms with Gasteiger partial charge in [-0.2, -0.15) is 0 Å². The van der Waals surface area contributed by atoms with Gasteiger partial charge < -0.3 is 15.4 Å². The number of carbonyl (C=O) groups is 3. The minimum Gasteiger partial charge on any atom is -0.465 e. The fourth-order valence-electron chi connectivity index (χ4n) is 2.03. The van der Waals surface area contributed by atoms with Crippen LogP contribution >= 0.6 is 0 Å². The molecular formula is C14H16N2O4. The molecule has 0 radical (unpaired) electrons. The molecule has 1 aromatic carbocycles. The molecule has 1 saturated heterocycles. The molecule has 0 spiro atoms. The van der Waals surface area contributed by atoms with Crippen LogP contribution in [0.15, 0.2) is 24.3 Å². The van der Waals surface area contributed by atoms with Crippen LogP contribution in [0.5, 0.6) is 0 Å². The van der Waals surface area contributed by atoms with E-state index in [4.69, 9.17) is 0 Å². The molecule has 0 saturated carbocycles. The van der Waals surface area contributed by atoms with Crippen molar-refractivity contribution in [1.82, 2.24) is 10.6 Å². The Kier molecular flexibility index (Phi) is 4.34. The third-order valence-electron chi connectivity index (χ3n) is 3.15. The van der Waals surface area contributed by atoms with Gasteiger partial charge >= 0.3 is 5.97 Å². The van der Waals surface area contributed by atoms with E-state index in [0.29, 0.717) is 30.5 Å². The van der Waals surface area contributed by atoms with Crippen LogP contribution in [0.4, 0.5) is 0 Å². The minimum atomic E-state index is -0.482. The van der Waals surface area contributed by atoms with E-state index in [9.17, 15) is 14.4 Å². The molecule has 1 aliphatic heterocycles. The SMILES string of the molecule is COC(=O)c1cccc(C(=O)NC2CCC(=O)NC2)c1. The third-order valence-corrected chi connectivity index (χ3v) is 3.15. The predicted octanol–water partition coefficient (Wildman–Crippen LogP) is 0.482. The molecule has 0 aliphatic carbocycles. The van der Waals surface area contributed by atoms with E-state index in [1.165, 1.54) is 13.2 Å². The van der Waals surface area contributed by atoms with Crippen molar-refractivity contribution in [1.29, 1.82) is 0 Å². The number of esters is 1. The lowest BCUT2D eigenvalue weighted by molar-refractivity contribution is -0.122. The first kappa shape index (κ1) is 14.0. The Morgan fingerprint density at radius 3 is 2.75 bits per heavy atom.